The van der Waals surface area contributed by atoms with Gasteiger partial charge in [0.1, 0.15) is 0 Å². The molecule has 0 radical (unpaired) electrons. The Hall–Kier alpha value is -2.70. The first-order chi connectivity index (χ1) is 13.9. The molecule has 1 aliphatic rings. The number of aromatic nitrogens is 2. The molecule has 3 aromatic rings. The van der Waals surface area contributed by atoms with Crippen molar-refractivity contribution in [3.63, 3.8) is 0 Å². The number of anilines is 1. The molecule has 4 rings (SSSR count). The van der Waals surface area contributed by atoms with E-state index in [2.05, 4.69) is 5.10 Å². The minimum Gasteiger partial charge on any atom is -0.454 e. The maximum absolute atomic E-state index is 13.2. The van der Waals surface area contributed by atoms with E-state index in [4.69, 9.17) is 32.7 Å². The van der Waals surface area contributed by atoms with E-state index >= 15 is 0 Å². The third-order valence-electron chi connectivity index (χ3n) is 4.96. The summed E-state index contributed by atoms with van der Waals surface area (Å²) in [5.74, 6) is 1.24. The number of hydrogen-bond donors (Lipinski definition) is 0. The highest BCUT2D eigenvalue weighted by atomic mass is 35.5. The van der Waals surface area contributed by atoms with Gasteiger partial charge in [-0.15, -0.1) is 11.6 Å². The van der Waals surface area contributed by atoms with Crippen LogP contribution in [0.2, 0.25) is 5.02 Å². The van der Waals surface area contributed by atoms with E-state index in [1.54, 1.807) is 34.8 Å². The van der Waals surface area contributed by atoms with Gasteiger partial charge in [-0.25, -0.2) is 4.68 Å². The zero-order valence-corrected chi connectivity index (χ0v) is 17.7. The summed E-state index contributed by atoms with van der Waals surface area (Å²) in [6, 6.07) is 10.9. The van der Waals surface area contributed by atoms with Crippen LogP contribution in [-0.2, 0) is 5.88 Å². The summed E-state index contributed by atoms with van der Waals surface area (Å²) in [7, 11) is 1.71. The topological polar surface area (TPSA) is 56.6 Å². The van der Waals surface area contributed by atoms with Crippen molar-refractivity contribution in [2.45, 2.75) is 19.7 Å². The lowest BCUT2D eigenvalue weighted by Crippen LogP contribution is -2.27. The highest BCUT2D eigenvalue weighted by molar-refractivity contribution is 6.31. The third kappa shape index (κ3) is 3.32. The smallest absolute Gasteiger partial charge is 0.258 e. The third-order valence-corrected chi connectivity index (χ3v) is 5.77. The van der Waals surface area contributed by atoms with Crippen LogP contribution in [-0.4, -0.2) is 29.5 Å². The summed E-state index contributed by atoms with van der Waals surface area (Å²) >= 11 is 12.4. The van der Waals surface area contributed by atoms with Gasteiger partial charge in [-0.05, 0) is 44.2 Å². The lowest BCUT2D eigenvalue weighted by Gasteiger charge is -2.21. The highest BCUT2D eigenvalue weighted by Gasteiger charge is 2.25. The van der Waals surface area contributed by atoms with E-state index in [0.29, 0.717) is 27.8 Å². The minimum absolute atomic E-state index is 0.146. The largest absolute Gasteiger partial charge is 0.454 e. The van der Waals surface area contributed by atoms with Crippen LogP contribution in [0.3, 0.4) is 0 Å². The molecular weight excluding hydrogens is 413 g/mol. The Morgan fingerprint density at radius 2 is 2.03 bits per heavy atom. The van der Waals surface area contributed by atoms with E-state index in [0.717, 1.165) is 22.6 Å². The number of carbonyl (C=O) groups is 1. The quantitative estimate of drug-likeness (QED) is 0.551. The Labute approximate surface area is 178 Å². The normalized spacial score (nSPS) is 12.3. The number of amides is 1. The molecule has 150 valence electrons. The van der Waals surface area contributed by atoms with Gasteiger partial charge in [-0.1, -0.05) is 17.7 Å². The van der Waals surface area contributed by atoms with E-state index in [-0.39, 0.29) is 18.6 Å². The maximum Gasteiger partial charge on any atom is 0.258 e. The minimum atomic E-state index is -0.176. The van der Waals surface area contributed by atoms with E-state index in [1.807, 2.05) is 32.0 Å². The zero-order valence-electron chi connectivity index (χ0n) is 16.2. The lowest BCUT2D eigenvalue weighted by atomic mass is 10.1. The molecule has 0 atom stereocenters. The van der Waals surface area contributed by atoms with Crippen molar-refractivity contribution >= 4 is 34.8 Å². The first-order valence-electron chi connectivity index (χ1n) is 9.00. The molecule has 0 saturated carbocycles. The number of hydrogen-bond acceptors (Lipinski definition) is 4. The number of benzene rings is 2. The standard InChI is InChI=1S/C21H19Cl2N3O3/c1-12-19(23)13(2)26(24-12)15-6-4-5-14(9-15)21(27)25(3)17-7-8-18-20(16(17)10-22)29-11-28-18/h4-9H,10-11H2,1-3H3. The number of alkyl halides is 1. The van der Waals surface area contributed by atoms with E-state index in [1.165, 1.54) is 0 Å². The number of nitrogens with zero attached hydrogens (tertiary/aromatic N) is 3. The summed E-state index contributed by atoms with van der Waals surface area (Å²) in [4.78, 5) is 14.8. The average Bonchev–Trinajstić information content (AvgIpc) is 3.32. The van der Waals surface area contributed by atoms with Crippen molar-refractivity contribution in [2.75, 3.05) is 18.7 Å². The van der Waals surface area contributed by atoms with Gasteiger partial charge < -0.3 is 14.4 Å². The number of halogens is 2. The van der Waals surface area contributed by atoms with Crippen LogP contribution in [0.4, 0.5) is 5.69 Å². The SMILES string of the molecule is Cc1nn(-c2cccc(C(=O)N(C)c3ccc4c(c3CCl)OCO4)c2)c(C)c1Cl. The zero-order chi connectivity index (χ0) is 20.7. The molecule has 1 amide bonds. The predicted molar refractivity (Wildman–Crippen MR) is 113 cm³/mol. The van der Waals surface area contributed by atoms with Crippen LogP contribution in [0, 0.1) is 13.8 Å². The van der Waals surface area contributed by atoms with E-state index in [9.17, 15) is 4.79 Å². The summed E-state index contributed by atoms with van der Waals surface area (Å²) < 4.78 is 12.7. The molecule has 29 heavy (non-hydrogen) atoms. The predicted octanol–water partition coefficient (Wildman–Crippen LogP) is 4.89. The molecular formula is C21H19Cl2N3O3. The van der Waals surface area contributed by atoms with Crippen LogP contribution in [0.15, 0.2) is 36.4 Å². The van der Waals surface area contributed by atoms with Crippen molar-refractivity contribution in [2.24, 2.45) is 0 Å². The molecule has 0 spiro atoms. The van der Waals surface area contributed by atoms with Crippen LogP contribution < -0.4 is 14.4 Å². The number of ether oxygens (including phenoxy) is 2. The second kappa shape index (κ2) is 7.61. The van der Waals surface area contributed by atoms with Crippen LogP contribution in [0.1, 0.15) is 27.3 Å². The summed E-state index contributed by atoms with van der Waals surface area (Å²) in [6.07, 6.45) is 0. The molecule has 2 aromatic carbocycles. The van der Waals surface area contributed by atoms with Gasteiger partial charge in [0.05, 0.1) is 33.7 Å². The molecule has 2 heterocycles. The number of aryl methyl sites for hydroxylation is 1. The molecule has 8 heteroatoms. The number of rotatable bonds is 4. The summed E-state index contributed by atoms with van der Waals surface area (Å²) in [5, 5.41) is 5.08. The average molecular weight is 432 g/mol. The van der Waals surface area contributed by atoms with Gasteiger partial charge in [0.25, 0.3) is 5.91 Å². The molecule has 0 N–H and O–H groups in total. The fourth-order valence-electron chi connectivity index (χ4n) is 3.41. The second-order valence-electron chi connectivity index (χ2n) is 6.74. The van der Waals surface area contributed by atoms with Gasteiger partial charge >= 0.3 is 0 Å². The van der Waals surface area contributed by atoms with Crippen molar-refractivity contribution < 1.29 is 14.3 Å². The first-order valence-corrected chi connectivity index (χ1v) is 9.91. The maximum atomic E-state index is 13.2. The first kappa shape index (κ1) is 19.6. The molecule has 1 aliphatic heterocycles. The number of carbonyl (C=O) groups excluding carboxylic acids is 1. The fraction of sp³-hybridized carbons (Fsp3) is 0.238. The van der Waals surface area contributed by atoms with Crippen molar-refractivity contribution in [3.05, 3.63) is 63.9 Å². The Morgan fingerprint density at radius 3 is 2.72 bits per heavy atom. The summed E-state index contributed by atoms with van der Waals surface area (Å²) in [6.45, 7) is 3.89. The Morgan fingerprint density at radius 1 is 1.24 bits per heavy atom. The van der Waals surface area contributed by atoms with Gasteiger partial charge in [0.2, 0.25) is 6.79 Å². The molecule has 0 bridgehead atoms. The Bertz CT molecular complexity index is 1110. The van der Waals surface area contributed by atoms with Crippen molar-refractivity contribution in [1.82, 2.24) is 9.78 Å². The van der Waals surface area contributed by atoms with Crippen LogP contribution in [0.5, 0.6) is 11.5 Å². The Balaban J connectivity index is 1.70. The molecule has 1 aromatic heterocycles. The second-order valence-corrected chi connectivity index (χ2v) is 7.39. The lowest BCUT2D eigenvalue weighted by molar-refractivity contribution is 0.0993. The van der Waals surface area contributed by atoms with Crippen LogP contribution in [0.25, 0.3) is 5.69 Å². The van der Waals surface area contributed by atoms with Gasteiger partial charge in [0.15, 0.2) is 11.5 Å². The van der Waals surface area contributed by atoms with Crippen molar-refractivity contribution in [1.29, 1.82) is 0 Å². The number of fused-ring (bicyclic) bond motifs is 1. The fourth-order valence-corrected chi connectivity index (χ4v) is 3.79. The van der Waals surface area contributed by atoms with E-state index < -0.39 is 0 Å². The Kier molecular flexibility index (Phi) is 5.15. The van der Waals surface area contributed by atoms with Gasteiger partial charge in [-0.2, -0.15) is 5.10 Å². The monoisotopic (exact) mass is 431 g/mol. The molecule has 0 saturated heterocycles. The molecule has 0 aliphatic carbocycles. The van der Waals surface area contributed by atoms with Crippen LogP contribution >= 0.6 is 23.2 Å². The molecule has 0 unspecified atom stereocenters. The highest BCUT2D eigenvalue weighted by Crippen LogP contribution is 2.41. The molecule has 0 fully saturated rings. The summed E-state index contributed by atoms with van der Waals surface area (Å²) in [5.41, 5.74) is 4.24. The molecule has 6 nitrogen and oxygen atoms in total. The van der Waals surface area contributed by atoms with Gasteiger partial charge in [-0.3, -0.25) is 4.79 Å². The van der Waals surface area contributed by atoms with Crippen molar-refractivity contribution in [3.8, 4) is 17.2 Å². The van der Waals surface area contributed by atoms with Gasteiger partial charge in [0, 0.05) is 18.2 Å².